The Morgan fingerprint density at radius 1 is 1.21 bits per heavy atom. The zero-order valence-corrected chi connectivity index (χ0v) is 12.0. The molecule has 0 heterocycles. The summed E-state index contributed by atoms with van der Waals surface area (Å²) in [5.74, 6) is -3.48. The molecular weight excluding hydrogens is 275 g/mol. The molecule has 1 rings (SSSR count). The molecule has 2 N–H and O–H groups in total. The highest BCUT2D eigenvalue weighted by atomic mass is 31.2. The second-order valence-electron chi connectivity index (χ2n) is 3.92. The minimum atomic E-state index is -3.72. The average molecular weight is 293 g/mol. The SMILES string of the molecule is CCOP(=O)(OCC)[C@H](N)c1ccc(C)c(F)c1F. The molecule has 0 saturated carbocycles. The molecule has 7 heteroatoms. The van der Waals surface area contributed by atoms with E-state index in [9.17, 15) is 13.3 Å². The number of hydrogen-bond donors (Lipinski definition) is 1. The van der Waals surface area contributed by atoms with Gasteiger partial charge in [0.25, 0.3) is 0 Å². The molecule has 0 radical (unpaired) electrons. The number of benzene rings is 1. The van der Waals surface area contributed by atoms with E-state index in [0.717, 1.165) is 0 Å². The molecule has 108 valence electrons. The van der Waals surface area contributed by atoms with Crippen molar-refractivity contribution in [2.45, 2.75) is 26.6 Å². The van der Waals surface area contributed by atoms with Crippen LogP contribution in [-0.2, 0) is 13.6 Å². The maximum absolute atomic E-state index is 13.8. The van der Waals surface area contributed by atoms with Gasteiger partial charge in [-0.15, -0.1) is 0 Å². The van der Waals surface area contributed by atoms with Gasteiger partial charge in [-0.3, -0.25) is 4.57 Å². The summed E-state index contributed by atoms with van der Waals surface area (Å²) >= 11 is 0. The van der Waals surface area contributed by atoms with Crippen molar-refractivity contribution >= 4 is 7.60 Å². The van der Waals surface area contributed by atoms with E-state index in [-0.39, 0.29) is 24.3 Å². The van der Waals surface area contributed by atoms with Gasteiger partial charge in [0, 0.05) is 5.56 Å². The molecule has 0 aliphatic heterocycles. The number of nitrogens with two attached hydrogens (primary N) is 1. The molecule has 19 heavy (non-hydrogen) atoms. The quantitative estimate of drug-likeness (QED) is 0.815. The zero-order chi connectivity index (χ0) is 14.6. The minimum absolute atomic E-state index is 0.0982. The Labute approximate surface area is 111 Å². The number of hydrogen-bond acceptors (Lipinski definition) is 4. The molecule has 0 bridgehead atoms. The van der Waals surface area contributed by atoms with Crippen molar-refractivity contribution in [1.29, 1.82) is 0 Å². The Balaban J connectivity index is 3.21. The smallest absolute Gasteiger partial charge is 0.314 e. The lowest BCUT2D eigenvalue weighted by molar-refractivity contribution is 0.211. The third kappa shape index (κ3) is 3.39. The third-order valence-electron chi connectivity index (χ3n) is 2.58. The summed E-state index contributed by atoms with van der Waals surface area (Å²) in [4.78, 5) is 0. The van der Waals surface area contributed by atoms with E-state index in [1.165, 1.54) is 19.1 Å². The number of rotatable bonds is 6. The van der Waals surface area contributed by atoms with Gasteiger partial charge in [-0.25, -0.2) is 8.78 Å². The molecule has 1 aromatic carbocycles. The Bertz CT molecular complexity index is 486. The second kappa shape index (κ2) is 6.57. The monoisotopic (exact) mass is 293 g/mol. The van der Waals surface area contributed by atoms with Crippen LogP contribution in [-0.4, -0.2) is 13.2 Å². The van der Waals surface area contributed by atoms with Gasteiger partial charge >= 0.3 is 7.60 Å². The molecule has 0 unspecified atom stereocenters. The summed E-state index contributed by atoms with van der Waals surface area (Å²) in [6.07, 6.45) is 0. The molecule has 0 aliphatic carbocycles. The van der Waals surface area contributed by atoms with Crippen molar-refractivity contribution < 1.29 is 22.4 Å². The molecule has 1 aromatic rings. The molecule has 0 fully saturated rings. The predicted octanol–water partition coefficient (Wildman–Crippen LogP) is 3.50. The van der Waals surface area contributed by atoms with Gasteiger partial charge in [-0.1, -0.05) is 12.1 Å². The van der Waals surface area contributed by atoms with Crippen LogP contribution < -0.4 is 5.73 Å². The van der Waals surface area contributed by atoms with E-state index < -0.39 is 25.0 Å². The van der Waals surface area contributed by atoms with E-state index >= 15 is 0 Å². The minimum Gasteiger partial charge on any atom is -0.314 e. The summed E-state index contributed by atoms with van der Waals surface area (Å²) in [6, 6.07) is 2.67. The fraction of sp³-hybridized carbons (Fsp3) is 0.500. The third-order valence-corrected chi connectivity index (χ3v) is 4.78. The first-order valence-electron chi connectivity index (χ1n) is 5.96. The molecule has 0 amide bonds. The molecule has 0 saturated heterocycles. The second-order valence-corrected chi connectivity index (χ2v) is 6.07. The normalized spacial score (nSPS) is 13.6. The van der Waals surface area contributed by atoms with Gasteiger partial charge in [-0.2, -0.15) is 0 Å². The fourth-order valence-corrected chi connectivity index (χ4v) is 3.27. The maximum atomic E-state index is 13.8. The van der Waals surface area contributed by atoms with Crippen molar-refractivity contribution in [2.75, 3.05) is 13.2 Å². The molecular formula is C12H18F2NO3P. The van der Waals surface area contributed by atoms with Gasteiger partial charge in [0.1, 0.15) is 5.78 Å². The molecule has 0 spiro atoms. The van der Waals surface area contributed by atoms with Gasteiger partial charge in [0.05, 0.1) is 13.2 Å². The van der Waals surface area contributed by atoms with Crippen LogP contribution in [0.3, 0.4) is 0 Å². The highest BCUT2D eigenvalue weighted by molar-refractivity contribution is 7.54. The summed E-state index contributed by atoms with van der Waals surface area (Å²) in [6.45, 7) is 4.86. The van der Waals surface area contributed by atoms with Crippen molar-refractivity contribution in [1.82, 2.24) is 0 Å². The molecule has 1 atom stereocenters. The van der Waals surface area contributed by atoms with Gasteiger partial charge in [-0.05, 0) is 26.3 Å². The van der Waals surface area contributed by atoms with Crippen LogP contribution in [0.15, 0.2) is 12.1 Å². The zero-order valence-electron chi connectivity index (χ0n) is 11.2. The standard InChI is InChI=1S/C12H18F2NO3P/c1-4-17-19(16,18-5-2)12(15)9-7-6-8(3)10(13)11(9)14/h6-7,12H,4-5,15H2,1-3H3/t12-/m0/s1. The van der Waals surface area contributed by atoms with Crippen LogP contribution in [0.5, 0.6) is 0 Å². The lowest BCUT2D eigenvalue weighted by Gasteiger charge is -2.24. The highest BCUT2D eigenvalue weighted by Gasteiger charge is 2.36. The molecule has 0 aromatic heterocycles. The Kier molecular flexibility index (Phi) is 5.62. The van der Waals surface area contributed by atoms with Crippen LogP contribution in [0.2, 0.25) is 0 Å². The van der Waals surface area contributed by atoms with Crippen molar-refractivity contribution in [3.63, 3.8) is 0 Å². The topological polar surface area (TPSA) is 61.5 Å². The van der Waals surface area contributed by atoms with Crippen LogP contribution in [0.25, 0.3) is 0 Å². The first-order chi connectivity index (χ1) is 8.87. The predicted molar refractivity (Wildman–Crippen MR) is 68.9 cm³/mol. The van der Waals surface area contributed by atoms with Crippen molar-refractivity contribution in [3.05, 3.63) is 34.9 Å². The maximum Gasteiger partial charge on any atom is 0.351 e. The summed E-state index contributed by atoms with van der Waals surface area (Å²) < 4.78 is 49.8. The Morgan fingerprint density at radius 2 is 1.74 bits per heavy atom. The first kappa shape index (κ1) is 16.2. The van der Waals surface area contributed by atoms with Crippen LogP contribution in [0.4, 0.5) is 8.78 Å². The summed E-state index contributed by atoms with van der Waals surface area (Å²) in [5, 5.41) is 0. The van der Waals surface area contributed by atoms with E-state index in [4.69, 9.17) is 14.8 Å². The fourth-order valence-electron chi connectivity index (χ4n) is 1.62. The summed E-state index contributed by atoms with van der Waals surface area (Å²) in [7, 11) is -3.72. The largest absolute Gasteiger partial charge is 0.351 e. The first-order valence-corrected chi connectivity index (χ1v) is 7.57. The lowest BCUT2D eigenvalue weighted by atomic mass is 10.1. The average Bonchev–Trinajstić information content (AvgIpc) is 2.36. The van der Waals surface area contributed by atoms with E-state index in [1.807, 2.05) is 0 Å². The number of halogens is 2. The van der Waals surface area contributed by atoms with Crippen LogP contribution in [0, 0.1) is 18.6 Å². The van der Waals surface area contributed by atoms with E-state index in [2.05, 4.69) is 0 Å². The van der Waals surface area contributed by atoms with E-state index in [0.29, 0.717) is 0 Å². The molecule has 0 aliphatic rings. The Hall–Kier alpha value is -0.810. The van der Waals surface area contributed by atoms with Crippen molar-refractivity contribution in [2.24, 2.45) is 5.73 Å². The number of aryl methyl sites for hydroxylation is 1. The lowest BCUT2D eigenvalue weighted by Crippen LogP contribution is -2.17. The molecule has 4 nitrogen and oxygen atoms in total. The highest BCUT2D eigenvalue weighted by Crippen LogP contribution is 2.58. The van der Waals surface area contributed by atoms with Crippen LogP contribution >= 0.6 is 7.60 Å². The Morgan fingerprint density at radius 3 is 2.21 bits per heavy atom. The van der Waals surface area contributed by atoms with Gasteiger partial charge in [0.15, 0.2) is 11.6 Å². The van der Waals surface area contributed by atoms with Crippen LogP contribution in [0.1, 0.15) is 30.8 Å². The van der Waals surface area contributed by atoms with Gasteiger partial charge in [0.2, 0.25) is 0 Å². The van der Waals surface area contributed by atoms with Gasteiger partial charge < -0.3 is 14.8 Å². The van der Waals surface area contributed by atoms with Crippen molar-refractivity contribution in [3.8, 4) is 0 Å². The summed E-state index contributed by atoms with van der Waals surface area (Å²) in [5.41, 5.74) is 5.68. The van der Waals surface area contributed by atoms with E-state index in [1.54, 1.807) is 13.8 Å².